The zero-order valence-corrected chi connectivity index (χ0v) is 14.3. The lowest BCUT2D eigenvalue weighted by Gasteiger charge is -2.28. The van der Waals surface area contributed by atoms with Crippen molar-refractivity contribution >= 4 is 22.8 Å². The van der Waals surface area contributed by atoms with Crippen LogP contribution < -0.4 is 10.2 Å². The largest absolute Gasteiger partial charge is 0.442 e. The summed E-state index contributed by atoms with van der Waals surface area (Å²) in [6.45, 7) is 5.80. The fourth-order valence-corrected chi connectivity index (χ4v) is 3.42. The Morgan fingerprint density at radius 3 is 2.92 bits per heavy atom. The van der Waals surface area contributed by atoms with Gasteiger partial charge < -0.3 is 24.1 Å². The highest BCUT2D eigenvalue weighted by molar-refractivity contribution is 6.10. The minimum atomic E-state index is -0.170. The molecule has 2 aromatic rings. The number of rotatable bonds is 4. The van der Waals surface area contributed by atoms with Gasteiger partial charge in [-0.05, 0) is 19.8 Å². The van der Waals surface area contributed by atoms with E-state index in [2.05, 4.69) is 20.2 Å². The molecule has 2 aliphatic rings. The molecule has 1 atom stereocenters. The third-order valence-corrected chi connectivity index (χ3v) is 4.70. The van der Waals surface area contributed by atoms with Gasteiger partial charge in [0.25, 0.3) is 5.91 Å². The van der Waals surface area contributed by atoms with Crippen molar-refractivity contribution in [2.75, 3.05) is 44.4 Å². The number of aryl methyl sites for hydroxylation is 1. The van der Waals surface area contributed by atoms with E-state index in [-0.39, 0.29) is 12.0 Å². The van der Waals surface area contributed by atoms with E-state index in [1.54, 1.807) is 6.92 Å². The van der Waals surface area contributed by atoms with Gasteiger partial charge in [0.05, 0.1) is 30.3 Å². The summed E-state index contributed by atoms with van der Waals surface area (Å²) in [6.07, 6.45) is 3.60. The van der Waals surface area contributed by atoms with Gasteiger partial charge in [0, 0.05) is 26.2 Å². The molecule has 0 radical (unpaired) electrons. The van der Waals surface area contributed by atoms with Crippen LogP contribution in [-0.2, 0) is 9.47 Å². The van der Waals surface area contributed by atoms with E-state index in [0.717, 1.165) is 38.4 Å². The summed E-state index contributed by atoms with van der Waals surface area (Å²) in [7, 11) is 0. The van der Waals surface area contributed by atoms with Crippen LogP contribution >= 0.6 is 0 Å². The van der Waals surface area contributed by atoms with Gasteiger partial charge in [-0.1, -0.05) is 0 Å². The smallest absolute Gasteiger partial charge is 0.255 e. The maximum Gasteiger partial charge on any atom is 0.255 e. The highest BCUT2D eigenvalue weighted by Gasteiger charge is 2.26. The van der Waals surface area contributed by atoms with Crippen LogP contribution in [0.15, 0.2) is 10.7 Å². The van der Waals surface area contributed by atoms with Crippen molar-refractivity contribution in [3.63, 3.8) is 0 Å². The van der Waals surface area contributed by atoms with Crippen molar-refractivity contribution in [2.24, 2.45) is 0 Å². The summed E-state index contributed by atoms with van der Waals surface area (Å²) in [5, 5.41) is 3.64. The van der Waals surface area contributed by atoms with Gasteiger partial charge in [0.1, 0.15) is 17.9 Å². The molecular weight excluding hydrogens is 324 g/mol. The quantitative estimate of drug-likeness (QED) is 0.892. The molecule has 4 rings (SSSR count). The molecule has 0 bridgehead atoms. The van der Waals surface area contributed by atoms with Gasteiger partial charge in [-0.2, -0.15) is 0 Å². The minimum absolute atomic E-state index is 0.0948. The minimum Gasteiger partial charge on any atom is -0.442 e. The number of ether oxygens (including phenoxy) is 2. The van der Waals surface area contributed by atoms with E-state index in [1.807, 2.05) is 0 Å². The van der Waals surface area contributed by atoms with Crippen LogP contribution in [0.2, 0.25) is 0 Å². The van der Waals surface area contributed by atoms with E-state index < -0.39 is 0 Å². The molecule has 0 spiro atoms. The average Bonchev–Trinajstić information content (AvgIpc) is 3.27. The van der Waals surface area contributed by atoms with Gasteiger partial charge in [0.2, 0.25) is 5.71 Å². The van der Waals surface area contributed by atoms with Crippen molar-refractivity contribution < 1.29 is 18.7 Å². The average molecular weight is 346 g/mol. The first-order valence-corrected chi connectivity index (χ1v) is 8.70. The van der Waals surface area contributed by atoms with E-state index in [0.29, 0.717) is 42.2 Å². The highest BCUT2D eigenvalue weighted by atomic mass is 16.5. The summed E-state index contributed by atoms with van der Waals surface area (Å²) >= 11 is 0. The number of morpholine rings is 1. The maximum atomic E-state index is 12.8. The SMILES string of the molecule is Cc1oc2ncnc(N3CCOCC3)c2c1C(=O)NCC1CCCO1. The van der Waals surface area contributed by atoms with Crippen molar-refractivity contribution in [2.45, 2.75) is 25.9 Å². The number of carbonyl (C=O) groups excluding carboxylic acids is 1. The summed E-state index contributed by atoms with van der Waals surface area (Å²) in [5.74, 6) is 1.11. The second kappa shape index (κ2) is 6.97. The first-order valence-electron chi connectivity index (χ1n) is 8.70. The topological polar surface area (TPSA) is 89.7 Å². The highest BCUT2D eigenvalue weighted by Crippen LogP contribution is 2.31. The first-order chi connectivity index (χ1) is 12.2. The monoisotopic (exact) mass is 346 g/mol. The second-order valence-corrected chi connectivity index (χ2v) is 6.36. The number of hydrogen-bond acceptors (Lipinski definition) is 7. The Balaban J connectivity index is 1.64. The van der Waals surface area contributed by atoms with Crippen molar-refractivity contribution in [1.82, 2.24) is 15.3 Å². The van der Waals surface area contributed by atoms with Crippen LogP contribution in [0, 0.1) is 6.92 Å². The summed E-state index contributed by atoms with van der Waals surface area (Å²) in [5.41, 5.74) is 0.950. The molecule has 1 amide bonds. The van der Waals surface area contributed by atoms with Crippen molar-refractivity contribution in [1.29, 1.82) is 0 Å². The molecule has 1 unspecified atom stereocenters. The molecule has 1 N–H and O–H groups in total. The Kier molecular flexibility index (Phi) is 4.54. The first kappa shape index (κ1) is 16.3. The van der Waals surface area contributed by atoms with Gasteiger partial charge in [-0.3, -0.25) is 4.79 Å². The molecule has 4 heterocycles. The molecule has 2 saturated heterocycles. The number of amides is 1. The van der Waals surface area contributed by atoms with Crippen LogP contribution in [-0.4, -0.2) is 61.4 Å². The molecule has 2 aromatic heterocycles. The lowest BCUT2D eigenvalue weighted by molar-refractivity contribution is 0.0857. The number of carbonyl (C=O) groups is 1. The molecule has 8 nitrogen and oxygen atoms in total. The van der Waals surface area contributed by atoms with Crippen LogP contribution in [0.5, 0.6) is 0 Å². The van der Waals surface area contributed by atoms with Crippen LogP contribution in [0.1, 0.15) is 29.0 Å². The molecule has 2 fully saturated rings. The molecule has 2 aliphatic heterocycles. The molecule has 0 saturated carbocycles. The molecular formula is C17H22N4O4. The summed E-state index contributed by atoms with van der Waals surface area (Å²) < 4.78 is 16.7. The van der Waals surface area contributed by atoms with Gasteiger partial charge in [-0.15, -0.1) is 0 Å². The van der Waals surface area contributed by atoms with E-state index in [9.17, 15) is 4.79 Å². The Morgan fingerprint density at radius 1 is 1.32 bits per heavy atom. The van der Waals surface area contributed by atoms with E-state index in [4.69, 9.17) is 13.9 Å². The number of fused-ring (bicyclic) bond motifs is 1. The molecule has 25 heavy (non-hydrogen) atoms. The number of hydrogen-bond donors (Lipinski definition) is 1. The van der Waals surface area contributed by atoms with E-state index >= 15 is 0 Å². The summed E-state index contributed by atoms with van der Waals surface area (Å²) in [4.78, 5) is 23.5. The molecule has 0 aromatic carbocycles. The Bertz CT molecular complexity index is 763. The molecule has 134 valence electrons. The van der Waals surface area contributed by atoms with Gasteiger partial charge in [-0.25, -0.2) is 9.97 Å². The Hall–Kier alpha value is -2.19. The van der Waals surface area contributed by atoms with Gasteiger partial charge >= 0.3 is 0 Å². The number of nitrogens with zero attached hydrogens (tertiary/aromatic N) is 3. The number of anilines is 1. The van der Waals surface area contributed by atoms with Crippen molar-refractivity contribution in [3.05, 3.63) is 17.7 Å². The number of nitrogens with one attached hydrogen (secondary N) is 1. The Labute approximate surface area is 145 Å². The lowest BCUT2D eigenvalue weighted by Crippen LogP contribution is -2.37. The van der Waals surface area contributed by atoms with E-state index in [1.165, 1.54) is 6.33 Å². The maximum absolute atomic E-state index is 12.8. The Morgan fingerprint density at radius 2 is 2.16 bits per heavy atom. The summed E-state index contributed by atoms with van der Waals surface area (Å²) in [6, 6.07) is 0. The predicted octanol–water partition coefficient (Wildman–Crippen LogP) is 1.28. The molecule has 8 heteroatoms. The van der Waals surface area contributed by atoms with Crippen LogP contribution in [0.4, 0.5) is 5.82 Å². The number of aromatic nitrogens is 2. The third kappa shape index (κ3) is 3.19. The number of furan rings is 1. The molecule has 0 aliphatic carbocycles. The standard InChI is InChI=1S/C17H22N4O4/c1-11-13(16(22)18-9-12-3-2-6-24-12)14-15(19-10-20-17(14)25-11)21-4-7-23-8-5-21/h10,12H,2-9H2,1H3,(H,18,22). The zero-order valence-electron chi connectivity index (χ0n) is 14.3. The van der Waals surface area contributed by atoms with Crippen LogP contribution in [0.25, 0.3) is 11.1 Å². The lowest BCUT2D eigenvalue weighted by atomic mass is 10.1. The fraction of sp³-hybridized carbons (Fsp3) is 0.588. The normalized spacial score (nSPS) is 21.0. The second-order valence-electron chi connectivity index (χ2n) is 6.36. The zero-order chi connectivity index (χ0) is 17.2. The van der Waals surface area contributed by atoms with Crippen LogP contribution in [0.3, 0.4) is 0 Å². The predicted molar refractivity (Wildman–Crippen MR) is 90.9 cm³/mol. The fourth-order valence-electron chi connectivity index (χ4n) is 3.42. The third-order valence-electron chi connectivity index (χ3n) is 4.70. The van der Waals surface area contributed by atoms with Gasteiger partial charge in [0.15, 0.2) is 0 Å². The van der Waals surface area contributed by atoms with Crippen molar-refractivity contribution in [3.8, 4) is 0 Å².